The summed E-state index contributed by atoms with van der Waals surface area (Å²) < 4.78 is 1.49. The molecule has 25 heavy (non-hydrogen) atoms. The Kier molecular flexibility index (Phi) is 4.38. The molecule has 134 valence electrons. The van der Waals surface area contributed by atoms with Crippen LogP contribution in [0.25, 0.3) is 10.9 Å². The SMILES string of the molecule is Cc1cc(C(C)O)c2nc(N3CCN(C(=O)O)CC3)n(C)c(=O)c2c1. The van der Waals surface area contributed by atoms with Gasteiger partial charge in [-0.2, -0.15) is 0 Å². The zero-order valence-electron chi connectivity index (χ0n) is 14.6. The molecule has 1 atom stereocenters. The molecular weight excluding hydrogens is 324 g/mol. The van der Waals surface area contributed by atoms with Crippen LogP contribution < -0.4 is 10.5 Å². The third-order valence-corrected chi connectivity index (χ3v) is 4.61. The van der Waals surface area contributed by atoms with Crippen LogP contribution >= 0.6 is 0 Å². The zero-order chi connectivity index (χ0) is 18.3. The van der Waals surface area contributed by atoms with E-state index in [-0.39, 0.29) is 5.56 Å². The maximum atomic E-state index is 12.8. The van der Waals surface area contributed by atoms with Crippen molar-refractivity contribution in [1.29, 1.82) is 0 Å². The lowest BCUT2D eigenvalue weighted by Crippen LogP contribution is -2.49. The molecule has 1 aromatic heterocycles. The van der Waals surface area contributed by atoms with Crippen molar-refractivity contribution >= 4 is 22.9 Å². The number of anilines is 1. The minimum Gasteiger partial charge on any atom is -0.465 e. The minimum atomic E-state index is -0.938. The number of fused-ring (bicyclic) bond motifs is 1. The summed E-state index contributed by atoms with van der Waals surface area (Å²) in [6, 6.07) is 3.62. The van der Waals surface area contributed by atoms with Crippen LogP contribution in [0.15, 0.2) is 16.9 Å². The molecule has 0 aliphatic carbocycles. The molecule has 0 saturated carbocycles. The molecule has 2 heterocycles. The number of amides is 1. The Morgan fingerprint density at radius 2 is 1.88 bits per heavy atom. The number of benzene rings is 1. The Hall–Kier alpha value is -2.61. The summed E-state index contributed by atoms with van der Waals surface area (Å²) in [6.45, 7) is 5.19. The predicted octanol–water partition coefficient (Wildman–Crippen LogP) is 1.10. The van der Waals surface area contributed by atoms with Crippen LogP contribution in [0.1, 0.15) is 24.2 Å². The number of aliphatic hydroxyl groups is 1. The van der Waals surface area contributed by atoms with Crippen LogP contribution in [-0.2, 0) is 7.05 Å². The van der Waals surface area contributed by atoms with Gasteiger partial charge < -0.3 is 20.0 Å². The number of piperazine rings is 1. The van der Waals surface area contributed by atoms with Gasteiger partial charge in [0.25, 0.3) is 5.56 Å². The smallest absolute Gasteiger partial charge is 0.407 e. The normalized spacial score (nSPS) is 16.3. The lowest BCUT2D eigenvalue weighted by atomic mass is 10.0. The van der Waals surface area contributed by atoms with Crippen molar-refractivity contribution in [2.45, 2.75) is 20.0 Å². The number of aromatic nitrogens is 2. The van der Waals surface area contributed by atoms with Crippen molar-refractivity contribution in [2.75, 3.05) is 31.1 Å². The number of hydrogen-bond acceptors (Lipinski definition) is 5. The molecule has 8 heteroatoms. The molecule has 1 aliphatic rings. The fourth-order valence-corrected chi connectivity index (χ4v) is 3.24. The van der Waals surface area contributed by atoms with Crippen LogP contribution in [0.5, 0.6) is 0 Å². The monoisotopic (exact) mass is 346 g/mol. The number of hydrogen-bond donors (Lipinski definition) is 2. The Balaban J connectivity index is 2.10. The summed E-state index contributed by atoms with van der Waals surface area (Å²) >= 11 is 0. The van der Waals surface area contributed by atoms with Crippen molar-refractivity contribution in [2.24, 2.45) is 7.05 Å². The molecule has 2 N–H and O–H groups in total. The molecule has 0 radical (unpaired) electrons. The molecule has 0 spiro atoms. The molecule has 1 amide bonds. The summed E-state index contributed by atoms with van der Waals surface area (Å²) in [6.07, 6.45) is -1.68. The van der Waals surface area contributed by atoms with Gasteiger partial charge in [-0.15, -0.1) is 0 Å². The van der Waals surface area contributed by atoms with Crippen molar-refractivity contribution in [3.63, 3.8) is 0 Å². The maximum Gasteiger partial charge on any atom is 0.407 e. The number of carboxylic acid groups (broad SMARTS) is 1. The van der Waals surface area contributed by atoms with E-state index in [9.17, 15) is 14.7 Å². The first-order valence-corrected chi connectivity index (χ1v) is 8.21. The number of rotatable bonds is 2. The summed E-state index contributed by atoms with van der Waals surface area (Å²) in [5, 5.41) is 19.6. The van der Waals surface area contributed by atoms with Crippen molar-refractivity contribution in [3.05, 3.63) is 33.6 Å². The largest absolute Gasteiger partial charge is 0.465 e. The zero-order valence-corrected chi connectivity index (χ0v) is 14.6. The first kappa shape index (κ1) is 17.2. The van der Waals surface area contributed by atoms with E-state index in [4.69, 9.17) is 5.11 Å². The molecule has 0 bridgehead atoms. The topological polar surface area (TPSA) is 98.9 Å². The number of aryl methyl sites for hydroxylation is 1. The number of aliphatic hydroxyl groups excluding tert-OH is 1. The van der Waals surface area contributed by atoms with Gasteiger partial charge in [-0.05, 0) is 25.5 Å². The molecule has 2 aromatic rings. The third-order valence-electron chi connectivity index (χ3n) is 4.61. The molecule has 1 unspecified atom stereocenters. The Morgan fingerprint density at radius 3 is 2.44 bits per heavy atom. The Bertz CT molecular complexity index is 882. The summed E-state index contributed by atoms with van der Waals surface area (Å²) in [4.78, 5) is 31.8. The quantitative estimate of drug-likeness (QED) is 0.845. The summed E-state index contributed by atoms with van der Waals surface area (Å²) in [5.41, 5.74) is 1.84. The van der Waals surface area contributed by atoms with Gasteiger partial charge in [0.2, 0.25) is 5.95 Å². The highest BCUT2D eigenvalue weighted by Crippen LogP contribution is 2.25. The van der Waals surface area contributed by atoms with Crippen LogP contribution in [-0.4, -0.2) is 56.9 Å². The van der Waals surface area contributed by atoms with E-state index >= 15 is 0 Å². The summed E-state index contributed by atoms with van der Waals surface area (Å²) in [7, 11) is 1.66. The Labute approximate surface area is 144 Å². The van der Waals surface area contributed by atoms with Crippen LogP contribution in [0.4, 0.5) is 10.7 Å². The predicted molar refractivity (Wildman–Crippen MR) is 94.2 cm³/mol. The van der Waals surface area contributed by atoms with E-state index in [0.29, 0.717) is 48.6 Å². The van der Waals surface area contributed by atoms with Crippen molar-refractivity contribution in [3.8, 4) is 0 Å². The van der Waals surface area contributed by atoms with Gasteiger partial charge in [0.15, 0.2) is 0 Å². The Morgan fingerprint density at radius 1 is 1.24 bits per heavy atom. The van der Waals surface area contributed by atoms with Crippen molar-refractivity contribution < 1.29 is 15.0 Å². The van der Waals surface area contributed by atoms with E-state index in [1.807, 2.05) is 17.9 Å². The molecule has 3 rings (SSSR count). The van der Waals surface area contributed by atoms with Gasteiger partial charge in [0.05, 0.1) is 17.0 Å². The average molecular weight is 346 g/mol. The minimum absolute atomic E-state index is 0.175. The highest BCUT2D eigenvalue weighted by Gasteiger charge is 2.24. The van der Waals surface area contributed by atoms with E-state index in [0.717, 1.165) is 5.56 Å². The molecule has 1 aromatic carbocycles. The number of carbonyl (C=O) groups is 1. The van der Waals surface area contributed by atoms with E-state index in [1.54, 1.807) is 20.0 Å². The average Bonchev–Trinajstić information content (AvgIpc) is 2.58. The fraction of sp³-hybridized carbons (Fsp3) is 0.471. The summed E-state index contributed by atoms with van der Waals surface area (Å²) in [5.74, 6) is 0.494. The van der Waals surface area contributed by atoms with E-state index in [2.05, 4.69) is 4.98 Å². The molecule has 1 fully saturated rings. The lowest BCUT2D eigenvalue weighted by Gasteiger charge is -2.34. The molecule has 1 aliphatic heterocycles. The molecule has 8 nitrogen and oxygen atoms in total. The van der Waals surface area contributed by atoms with Gasteiger partial charge in [0, 0.05) is 38.8 Å². The van der Waals surface area contributed by atoms with Gasteiger partial charge in [-0.25, -0.2) is 9.78 Å². The number of nitrogens with zero attached hydrogens (tertiary/aromatic N) is 4. The second-order valence-electron chi connectivity index (χ2n) is 6.46. The highest BCUT2D eigenvalue weighted by atomic mass is 16.4. The standard InChI is InChI=1S/C17H22N4O4/c1-10-8-12(11(2)22)14-13(9-10)15(23)19(3)16(18-14)20-4-6-21(7-5-20)17(24)25/h8-9,11,22H,4-7H2,1-3H3,(H,24,25). The van der Waals surface area contributed by atoms with E-state index < -0.39 is 12.2 Å². The maximum absolute atomic E-state index is 12.8. The van der Waals surface area contributed by atoms with Crippen LogP contribution in [0.2, 0.25) is 0 Å². The van der Waals surface area contributed by atoms with Gasteiger partial charge in [-0.1, -0.05) is 6.07 Å². The van der Waals surface area contributed by atoms with Gasteiger partial charge in [-0.3, -0.25) is 9.36 Å². The molecule has 1 saturated heterocycles. The fourth-order valence-electron chi connectivity index (χ4n) is 3.24. The van der Waals surface area contributed by atoms with Crippen molar-refractivity contribution in [1.82, 2.24) is 14.5 Å². The first-order chi connectivity index (χ1) is 11.8. The third kappa shape index (κ3) is 3.05. The second kappa shape index (κ2) is 6.36. The first-order valence-electron chi connectivity index (χ1n) is 8.21. The second-order valence-corrected chi connectivity index (χ2v) is 6.46. The highest BCUT2D eigenvalue weighted by molar-refractivity contribution is 5.83. The van der Waals surface area contributed by atoms with Crippen LogP contribution in [0, 0.1) is 6.92 Å². The van der Waals surface area contributed by atoms with E-state index in [1.165, 1.54) is 9.47 Å². The lowest BCUT2D eigenvalue weighted by molar-refractivity contribution is 0.142. The van der Waals surface area contributed by atoms with Crippen LogP contribution in [0.3, 0.4) is 0 Å². The van der Waals surface area contributed by atoms with Gasteiger partial charge >= 0.3 is 6.09 Å². The van der Waals surface area contributed by atoms with Gasteiger partial charge in [0.1, 0.15) is 0 Å². The molecular formula is C17H22N4O4.